The Balaban J connectivity index is 2.27. The average Bonchev–Trinajstić information content (AvgIpc) is 2.44. The molecule has 1 aliphatic rings. The normalized spacial score (nSPS) is 18.4. The summed E-state index contributed by atoms with van der Waals surface area (Å²) < 4.78 is 32.0. The molecule has 0 aromatic heterocycles. The quantitative estimate of drug-likeness (QED) is 0.862. The Hall–Kier alpha value is -1.11. The van der Waals surface area contributed by atoms with Crippen LogP contribution in [0.2, 0.25) is 0 Å². The Morgan fingerprint density at radius 1 is 1.25 bits per heavy atom. The molecule has 1 aromatic rings. The van der Waals surface area contributed by atoms with Crippen molar-refractivity contribution in [2.24, 2.45) is 0 Å². The number of benzene rings is 1. The second kappa shape index (κ2) is 5.71. The maximum Gasteiger partial charge on any atom is 0.243 e. The van der Waals surface area contributed by atoms with Crippen LogP contribution >= 0.6 is 0 Å². The van der Waals surface area contributed by atoms with Crippen molar-refractivity contribution < 1.29 is 13.2 Å². The van der Waals surface area contributed by atoms with Gasteiger partial charge in [-0.2, -0.15) is 4.31 Å². The lowest BCUT2D eigenvalue weighted by Crippen LogP contribution is -2.40. The molecule has 1 aromatic carbocycles. The molecule has 0 saturated carbocycles. The number of nitrogens with two attached hydrogens (primary N) is 1. The second-order valence-electron chi connectivity index (χ2n) is 5.29. The Morgan fingerprint density at radius 2 is 1.85 bits per heavy atom. The van der Waals surface area contributed by atoms with E-state index in [1.807, 2.05) is 13.8 Å². The van der Waals surface area contributed by atoms with E-state index in [-0.39, 0.29) is 11.0 Å². The highest BCUT2D eigenvalue weighted by Gasteiger charge is 2.29. The van der Waals surface area contributed by atoms with Gasteiger partial charge in [0.1, 0.15) is 0 Å². The fourth-order valence-electron chi connectivity index (χ4n) is 2.46. The summed E-state index contributed by atoms with van der Waals surface area (Å²) in [6.45, 7) is 4.76. The van der Waals surface area contributed by atoms with Crippen molar-refractivity contribution in [3.8, 4) is 0 Å². The minimum Gasteiger partial charge on any atom is -0.398 e. The van der Waals surface area contributed by atoms with Crippen LogP contribution < -0.4 is 5.73 Å². The topological polar surface area (TPSA) is 72.6 Å². The summed E-state index contributed by atoms with van der Waals surface area (Å²) in [4.78, 5) is 0.286. The van der Waals surface area contributed by atoms with Gasteiger partial charge in [0, 0.05) is 25.9 Å². The lowest BCUT2D eigenvalue weighted by Gasteiger charge is -2.30. The van der Waals surface area contributed by atoms with E-state index in [9.17, 15) is 8.42 Å². The Morgan fingerprint density at radius 3 is 2.35 bits per heavy atom. The van der Waals surface area contributed by atoms with E-state index in [2.05, 4.69) is 0 Å². The summed E-state index contributed by atoms with van der Waals surface area (Å²) in [5.41, 5.74) is 8.24. The van der Waals surface area contributed by atoms with Crippen LogP contribution in [0.3, 0.4) is 0 Å². The van der Waals surface area contributed by atoms with Gasteiger partial charge in [-0.05, 0) is 49.9 Å². The highest BCUT2D eigenvalue weighted by atomic mass is 32.2. The number of aryl methyl sites for hydroxylation is 1. The first-order valence-corrected chi connectivity index (χ1v) is 8.20. The number of hydrogen-bond donors (Lipinski definition) is 1. The molecular weight excluding hydrogens is 276 g/mol. The minimum atomic E-state index is -3.46. The third kappa shape index (κ3) is 2.82. The summed E-state index contributed by atoms with van der Waals surface area (Å²) in [7, 11) is -1.79. The van der Waals surface area contributed by atoms with E-state index in [4.69, 9.17) is 10.5 Å². The van der Waals surface area contributed by atoms with Crippen LogP contribution in [-0.4, -0.2) is 39.0 Å². The fraction of sp³-hybridized carbons (Fsp3) is 0.571. The minimum absolute atomic E-state index is 0.159. The molecule has 112 valence electrons. The number of nitrogens with zero attached hydrogens (tertiary/aromatic N) is 1. The van der Waals surface area contributed by atoms with E-state index in [1.54, 1.807) is 19.2 Å². The van der Waals surface area contributed by atoms with Gasteiger partial charge in [-0.3, -0.25) is 0 Å². The molecule has 0 amide bonds. The summed E-state index contributed by atoms with van der Waals surface area (Å²) in [6, 6.07) is 3.25. The summed E-state index contributed by atoms with van der Waals surface area (Å²) in [6.07, 6.45) is 1.62. The van der Waals surface area contributed by atoms with Crippen molar-refractivity contribution in [3.63, 3.8) is 0 Å². The van der Waals surface area contributed by atoms with Crippen molar-refractivity contribution in [2.75, 3.05) is 25.9 Å². The number of rotatable bonds is 3. The van der Waals surface area contributed by atoms with Gasteiger partial charge in [-0.1, -0.05) is 0 Å². The summed E-state index contributed by atoms with van der Waals surface area (Å²) in [5, 5.41) is 0. The van der Waals surface area contributed by atoms with Gasteiger partial charge >= 0.3 is 0 Å². The summed E-state index contributed by atoms with van der Waals surface area (Å²) >= 11 is 0. The number of sulfonamides is 1. The average molecular weight is 298 g/mol. The maximum absolute atomic E-state index is 12.6. The zero-order chi connectivity index (χ0) is 14.9. The van der Waals surface area contributed by atoms with Crippen LogP contribution in [0.1, 0.15) is 24.0 Å². The van der Waals surface area contributed by atoms with Crippen LogP contribution in [0.15, 0.2) is 17.0 Å². The molecule has 0 bridgehead atoms. The predicted molar refractivity (Wildman–Crippen MR) is 79.1 cm³/mol. The van der Waals surface area contributed by atoms with Gasteiger partial charge in [-0.25, -0.2) is 8.42 Å². The van der Waals surface area contributed by atoms with Crippen molar-refractivity contribution in [1.82, 2.24) is 4.31 Å². The van der Waals surface area contributed by atoms with Gasteiger partial charge in [-0.15, -0.1) is 0 Å². The number of hydrogen-bond acceptors (Lipinski definition) is 4. The van der Waals surface area contributed by atoms with E-state index in [1.165, 1.54) is 4.31 Å². The Labute approximate surface area is 120 Å². The van der Waals surface area contributed by atoms with Gasteiger partial charge < -0.3 is 10.5 Å². The third-order valence-corrected chi connectivity index (χ3v) is 5.93. The van der Waals surface area contributed by atoms with Gasteiger partial charge in [0.25, 0.3) is 0 Å². The fourth-order valence-corrected chi connectivity index (χ4v) is 4.05. The first kappa shape index (κ1) is 15.3. The summed E-state index contributed by atoms with van der Waals surface area (Å²) in [5.74, 6) is 0. The molecule has 2 N–H and O–H groups in total. The molecule has 6 heteroatoms. The molecule has 0 atom stereocenters. The number of anilines is 1. The van der Waals surface area contributed by atoms with Crippen LogP contribution in [0.4, 0.5) is 5.69 Å². The van der Waals surface area contributed by atoms with Crippen LogP contribution in [0.25, 0.3) is 0 Å². The first-order chi connectivity index (χ1) is 9.36. The molecule has 1 aliphatic heterocycles. The predicted octanol–water partition coefficient (Wildman–Crippen LogP) is 1.69. The van der Waals surface area contributed by atoms with Crippen LogP contribution in [0, 0.1) is 13.8 Å². The maximum atomic E-state index is 12.6. The highest BCUT2D eigenvalue weighted by molar-refractivity contribution is 7.89. The zero-order valence-corrected chi connectivity index (χ0v) is 13.0. The number of methoxy groups -OCH3 is 1. The largest absolute Gasteiger partial charge is 0.398 e. The molecule has 0 unspecified atom stereocenters. The SMILES string of the molecule is COC1CCN(S(=O)(=O)c2cc(C)c(C)c(N)c2)CC1. The zero-order valence-electron chi connectivity index (χ0n) is 12.2. The monoisotopic (exact) mass is 298 g/mol. The molecule has 20 heavy (non-hydrogen) atoms. The van der Waals surface area contributed by atoms with Crippen LogP contribution in [-0.2, 0) is 14.8 Å². The van der Waals surface area contributed by atoms with Crippen molar-refractivity contribution >= 4 is 15.7 Å². The van der Waals surface area contributed by atoms with E-state index in [0.29, 0.717) is 18.8 Å². The molecular formula is C14H22N2O3S. The molecule has 5 nitrogen and oxygen atoms in total. The molecule has 0 spiro atoms. The molecule has 1 saturated heterocycles. The second-order valence-corrected chi connectivity index (χ2v) is 7.23. The van der Waals surface area contributed by atoms with Crippen LogP contribution in [0.5, 0.6) is 0 Å². The Bertz CT molecular complexity index is 567. The van der Waals surface area contributed by atoms with Crippen molar-refractivity contribution in [1.29, 1.82) is 0 Å². The van der Waals surface area contributed by atoms with Gasteiger partial charge in [0.15, 0.2) is 0 Å². The van der Waals surface area contributed by atoms with E-state index >= 15 is 0 Å². The standard InChI is InChI=1S/C14H22N2O3S/c1-10-8-13(9-14(15)11(10)2)20(17,18)16-6-4-12(19-3)5-7-16/h8-9,12H,4-7,15H2,1-3H3. The number of ether oxygens (including phenoxy) is 1. The Kier molecular flexibility index (Phi) is 4.36. The highest BCUT2D eigenvalue weighted by Crippen LogP contribution is 2.26. The van der Waals surface area contributed by atoms with Crippen molar-refractivity contribution in [2.45, 2.75) is 37.7 Å². The number of piperidine rings is 1. The van der Waals surface area contributed by atoms with E-state index in [0.717, 1.165) is 24.0 Å². The van der Waals surface area contributed by atoms with Gasteiger partial charge in [0.05, 0.1) is 11.0 Å². The van der Waals surface area contributed by atoms with Crippen molar-refractivity contribution in [3.05, 3.63) is 23.3 Å². The molecule has 0 aliphatic carbocycles. The molecule has 1 fully saturated rings. The smallest absolute Gasteiger partial charge is 0.243 e. The lowest BCUT2D eigenvalue weighted by molar-refractivity contribution is 0.0604. The first-order valence-electron chi connectivity index (χ1n) is 6.76. The number of nitrogen functional groups attached to an aromatic ring is 1. The molecule has 0 radical (unpaired) electrons. The van der Waals surface area contributed by atoms with Gasteiger partial charge in [0.2, 0.25) is 10.0 Å². The third-order valence-electron chi connectivity index (χ3n) is 4.05. The molecule has 2 rings (SSSR count). The van der Waals surface area contributed by atoms with E-state index < -0.39 is 10.0 Å². The lowest BCUT2D eigenvalue weighted by atomic mass is 10.1. The molecule has 1 heterocycles.